The molecule has 3 rings (SSSR count). The van der Waals surface area contributed by atoms with Crippen LogP contribution in [0.25, 0.3) is 0 Å². The second kappa shape index (κ2) is 4.99. The van der Waals surface area contributed by atoms with Gasteiger partial charge in [-0.25, -0.2) is 0 Å². The van der Waals surface area contributed by atoms with Gasteiger partial charge >= 0.3 is 11.6 Å². The molecule has 2 aliphatic heterocycles. The fraction of sp³-hybridized carbons (Fsp3) is 0.500. The van der Waals surface area contributed by atoms with Gasteiger partial charge in [-0.2, -0.15) is 17.6 Å². The van der Waals surface area contributed by atoms with Gasteiger partial charge in [-0.05, 0) is 6.07 Å². The zero-order valence-electron chi connectivity index (χ0n) is 11.3. The van der Waals surface area contributed by atoms with Crippen molar-refractivity contribution >= 4 is 12.8 Å². The molecular weight excluding hydrogens is 345 g/mol. The number of halogens is 4. The van der Waals surface area contributed by atoms with Gasteiger partial charge in [0.05, 0.1) is 18.1 Å². The van der Waals surface area contributed by atoms with Gasteiger partial charge in [0.15, 0.2) is 0 Å². The fourth-order valence-corrected chi connectivity index (χ4v) is 5.07. The van der Waals surface area contributed by atoms with Crippen LogP contribution in [0.4, 0.5) is 23.2 Å². The molecule has 0 N–H and O–H groups in total. The number of rotatable bonds is 6. The molecule has 2 aliphatic rings. The second-order valence-electron chi connectivity index (χ2n) is 5.18. The summed E-state index contributed by atoms with van der Waals surface area (Å²) in [5.41, 5.74) is -7.69. The molecule has 0 bridgehead atoms. The van der Waals surface area contributed by atoms with Crippen LogP contribution in [0.15, 0.2) is 24.3 Å². The minimum Gasteiger partial charge on any atom is -0.365 e. The SMILES string of the molecule is O=[N+]([O-])c1ccccc1C(F)(F)C(F)(F)P(=O)(C1CO1)C1CO1. The van der Waals surface area contributed by atoms with Crippen LogP contribution < -0.4 is 0 Å². The molecule has 1 aromatic carbocycles. The lowest BCUT2D eigenvalue weighted by molar-refractivity contribution is -0.387. The van der Waals surface area contributed by atoms with Crippen LogP contribution >= 0.6 is 7.14 Å². The summed E-state index contributed by atoms with van der Waals surface area (Å²) in [4.78, 5) is 9.66. The third-order valence-electron chi connectivity index (χ3n) is 3.74. The molecule has 126 valence electrons. The van der Waals surface area contributed by atoms with Crippen LogP contribution in [-0.2, 0) is 20.0 Å². The van der Waals surface area contributed by atoms with Gasteiger partial charge in [-0.3, -0.25) is 10.1 Å². The van der Waals surface area contributed by atoms with E-state index in [1.807, 2.05) is 0 Å². The van der Waals surface area contributed by atoms with Gasteiger partial charge in [-0.1, -0.05) is 12.1 Å². The molecule has 23 heavy (non-hydrogen) atoms. The van der Waals surface area contributed by atoms with Gasteiger partial charge in [0.1, 0.15) is 17.3 Å². The molecule has 2 saturated heterocycles. The molecular formula is C12H10F4NO5P. The highest BCUT2D eigenvalue weighted by atomic mass is 31.2. The van der Waals surface area contributed by atoms with Crippen LogP contribution in [0, 0.1) is 10.1 Å². The number of hydrogen-bond donors (Lipinski definition) is 0. The highest BCUT2D eigenvalue weighted by molar-refractivity contribution is 7.66. The smallest absolute Gasteiger partial charge is 0.365 e. The van der Waals surface area contributed by atoms with Crippen LogP contribution in [-0.4, -0.2) is 35.5 Å². The van der Waals surface area contributed by atoms with Crippen LogP contribution in [0.3, 0.4) is 0 Å². The number of epoxide rings is 2. The van der Waals surface area contributed by atoms with E-state index >= 15 is 0 Å². The minimum atomic E-state index is -5.03. The number of nitro groups is 1. The lowest BCUT2D eigenvalue weighted by atomic mass is 10.1. The second-order valence-corrected chi connectivity index (χ2v) is 8.31. The average molecular weight is 355 g/mol. The standard InChI is InChI=1S/C12H10F4NO5P/c13-11(14,7-3-1-2-4-8(7)17(18)19)12(15,16)23(20,9-5-21-9)10-6-22-10/h1-4,9-10H,5-6H2. The predicted octanol–water partition coefficient (Wildman–Crippen LogP) is 3.36. The monoisotopic (exact) mass is 355 g/mol. The number of nitrogens with zero attached hydrogens (tertiary/aromatic N) is 1. The Morgan fingerprint density at radius 2 is 1.61 bits per heavy atom. The predicted molar refractivity (Wildman–Crippen MR) is 69.0 cm³/mol. The van der Waals surface area contributed by atoms with E-state index in [-0.39, 0.29) is 13.2 Å². The van der Waals surface area contributed by atoms with Crippen molar-refractivity contribution in [1.82, 2.24) is 0 Å². The fourth-order valence-electron chi connectivity index (χ4n) is 2.36. The van der Waals surface area contributed by atoms with Crippen molar-refractivity contribution in [2.45, 2.75) is 23.3 Å². The number of benzene rings is 1. The van der Waals surface area contributed by atoms with E-state index in [2.05, 4.69) is 9.47 Å². The first-order valence-electron chi connectivity index (χ1n) is 6.46. The van der Waals surface area contributed by atoms with Crippen molar-refractivity contribution in [3.8, 4) is 0 Å². The largest absolute Gasteiger partial charge is 0.369 e. The van der Waals surface area contributed by atoms with Crippen molar-refractivity contribution < 1.29 is 36.5 Å². The Balaban J connectivity index is 2.11. The van der Waals surface area contributed by atoms with E-state index in [4.69, 9.17) is 0 Å². The maximum atomic E-state index is 14.6. The summed E-state index contributed by atoms with van der Waals surface area (Å²) in [6.45, 7) is -0.667. The Hall–Kier alpha value is -1.51. The third-order valence-corrected chi connectivity index (χ3v) is 7.21. The molecule has 0 spiro atoms. The summed E-state index contributed by atoms with van der Waals surface area (Å²) >= 11 is 0. The lowest BCUT2D eigenvalue weighted by Crippen LogP contribution is -2.40. The number of ether oxygens (including phenoxy) is 2. The van der Waals surface area contributed by atoms with E-state index in [9.17, 15) is 32.2 Å². The molecule has 2 fully saturated rings. The highest BCUT2D eigenvalue weighted by Crippen LogP contribution is 2.78. The Kier molecular flexibility index (Phi) is 3.55. The summed E-state index contributed by atoms with van der Waals surface area (Å²) < 4.78 is 79.9. The molecule has 0 amide bonds. The number of nitro benzene ring substituents is 1. The molecule has 6 nitrogen and oxygen atoms in total. The normalized spacial score (nSPS) is 26.4. The van der Waals surface area contributed by atoms with Gasteiger partial charge in [0.2, 0.25) is 7.14 Å². The third kappa shape index (κ3) is 2.28. The summed E-state index contributed by atoms with van der Waals surface area (Å²) in [5.74, 6) is -8.04. The zero-order chi connectivity index (χ0) is 17.0. The van der Waals surface area contributed by atoms with Crippen LogP contribution in [0.1, 0.15) is 5.56 Å². The Morgan fingerprint density at radius 1 is 1.13 bits per heavy atom. The molecule has 2 unspecified atom stereocenters. The van der Waals surface area contributed by atoms with Gasteiger partial charge < -0.3 is 14.0 Å². The number of hydrogen-bond acceptors (Lipinski definition) is 5. The van der Waals surface area contributed by atoms with Gasteiger partial charge in [0.25, 0.3) is 5.69 Å². The van der Waals surface area contributed by atoms with Crippen molar-refractivity contribution in [3.05, 3.63) is 39.9 Å². The summed E-state index contributed by atoms with van der Waals surface area (Å²) in [6, 6.07) is 3.26. The summed E-state index contributed by atoms with van der Waals surface area (Å²) in [6.07, 6.45) is 0. The van der Waals surface area contributed by atoms with Gasteiger partial charge in [0, 0.05) is 6.07 Å². The van der Waals surface area contributed by atoms with Crippen molar-refractivity contribution in [2.75, 3.05) is 13.2 Å². The first-order valence-corrected chi connectivity index (χ1v) is 8.31. The van der Waals surface area contributed by atoms with Crippen molar-refractivity contribution in [1.29, 1.82) is 0 Å². The maximum Gasteiger partial charge on any atom is 0.369 e. The minimum absolute atomic E-state index is 0.334. The topological polar surface area (TPSA) is 85.3 Å². The van der Waals surface area contributed by atoms with Gasteiger partial charge in [-0.15, -0.1) is 0 Å². The number of para-hydroxylation sites is 1. The molecule has 2 heterocycles. The first kappa shape index (κ1) is 16.4. The molecule has 1 aromatic rings. The van der Waals surface area contributed by atoms with E-state index in [1.54, 1.807) is 0 Å². The summed E-state index contributed by atoms with van der Waals surface area (Å²) in [7, 11) is -4.93. The maximum absolute atomic E-state index is 14.6. The molecule has 2 atom stereocenters. The Morgan fingerprint density at radius 3 is 2.04 bits per heavy atom. The van der Waals surface area contributed by atoms with E-state index in [0.29, 0.717) is 12.1 Å². The first-order chi connectivity index (χ1) is 10.6. The number of alkyl halides is 4. The molecule has 0 saturated carbocycles. The van der Waals surface area contributed by atoms with Crippen molar-refractivity contribution in [3.63, 3.8) is 0 Å². The Labute approximate surface area is 126 Å². The van der Waals surface area contributed by atoms with E-state index < -0.39 is 46.6 Å². The molecule has 11 heteroatoms. The van der Waals surface area contributed by atoms with E-state index in [0.717, 1.165) is 12.1 Å². The molecule has 0 aliphatic carbocycles. The lowest BCUT2D eigenvalue weighted by Gasteiger charge is -2.31. The zero-order valence-corrected chi connectivity index (χ0v) is 12.2. The average Bonchev–Trinajstić information content (AvgIpc) is 3.38. The quantitative estimate of drug-likeness (QED) is 0.257. The molecule has 0 radical (unpaired) electrons. The highest BCUT2D eigenvalue weighted by Gasteiger charge is 2.77. The van der Waals surface area contributed by atoms with Crippen LogP contribution in [0.2, 0.25) is 0 Å². The van der Waals surface area contributed by atoms with E-state index in [1.165, 1.54) is 0 Å². The summed E-state index contributed by atoms with van der Waals surface area (Å²) in [5, 5.41) is 10.8. The molecule has 0 aromatic heterocycles. The van der Waals surface area contributed by atoms with Crippen LogP contribution in [0.5, 0.6) is 0 Å². The Bertz CT molecular complexity index is 688. The van der Waals surface area contributed by atoms with Crippen molar-refractivity contribution in [2.24, 2.45) is 0 Å².